The lowest BCUT2D eigenvalue weighted by Crippen LogP contribution is -2.42. The van der Waals surface area contributed by atoms with Gasteiger partial charge in [0.2, 0.25) is 10.0 Å². The average molecular weight is 567 g/mol. The molecule has 7 nitrogen and oxygen atoms in total. The lowest BCUT2D eigenvalue weighted by molar-refractivity contribution is 0.0672. The van der Waals surface area contributed by atoms with Crippen LogP contribution < -0.4 is 15.4 Å². The van der Waals surface area contributed by atoms with Gasteiger partial charge in [0.25, 0.3) is 0 Å². The maximum Gasteiger partial charge on any atom is 0.241 e. The van der Waals surface area contributed by atoms with Crippen molar-refractivity contribution in [1.82, 2.24) is 15.4 Å². The monoisotopic (exact) mass is 566 g/mol. The highest BCUT2D eigenvalue weighted by molar-refractivity contribution is 14.0. The molecule has 0 fully saturated rings. The second kappa shape index (κ2) is 12.0. The van der Waals surface area contributed by atoms with Gasteiger partial charge in [-0.25, -0.2) is 18.1 Å². The first-order valence-electron chi connectivity index (χ1n) is 9.52. The van der Waals surface area contributed by atoms with Crippen LogP contribution in [0.5, 0.6) is 0 Å². The van der Waals surface area contributed by atoms with E-state index in [4.69, 9.17) is 0 Å². The van der Waals surface area contributed by atoms with Crippen LogP contribution >= 0.6 is 35.3 Å². The highest BCUT2D eigenvalue weighted by Gasteiger charge is 2.22. The number of guanidine groups is 1. The quantitative estimate of drug-likeness (QED) is 0.162. The Morgan fingerprint density at radius 3 is 2.40 bits per heavy atom. The van der Waals surface area contributed by atoms with Crippen LogP contribution in [0.25, 0.3) is 0 Å². The van der Waals surface area contributed by atoms with E-state index in [0.717, 1.165) is 15.3 Å². The molecule has 2 rings (SSSR count). The number of halogens is 1. The molecule has 1 atom stereocenters. The number of thiophene rings is 1. The zero-order chi connectivity index (χ0) is 21.5. The van der Waals surface area contributed by atoms with Gasteiger partial charge in [-0.1, -0.05) is 30.3 Å². The Morgan fingerprint density at radius 1 is 1.17 bits per heavy atom. The normalized spacial score (nSPS) is 14.0. The summed E-state index contributed by atoms with van der Waals surface area (Å²) in [5.41, 5.74) is -0.312. The third kappa shape index (κ3) is 7.80. The smallest absolute Gasteiger partial charge is 0.241 e. The number of aliphatic hydroxyl groups is 1. The van der Waals surface area contributed by atoms with Gasteiger partial charge in [0, 0.05) is 29.4 Å². The van der Waals surface area contributed by atoms with E-state index in [1.54, 1.807) is 19.9 Å². The number of hydrogen-bond donors (Lipinski definition) is 4. The molecule has 0 amide bonds. The minimum atomic E-state index is -3.53. The van der Waals surface area contributed by atoms with Crippen LogP contribution in [0.15, 0.2) is 46.3 Å². The standard InChI is InChI=1S/C20H30N4O3S2.HI/c1-5-21-19(23-14-20(4,25)17-9-7-6-8-10-17)22-11-12-24-29(26,27)18-13-15(2)28-16(18)3;/h6-10,13,24-25H,5,11-12,14H2,1-4H3,(H2,21,22,23);1H. The molecule has 168 valence electrons. The Hall–Kier alpha value is -1.21. The van der Waals surface area contributed by atoms with E-state index in [1.807, 2.05) is 44.2 Å². The maximum atomic E-state index is 12.4. The number of rotatable bonds is 9. The molecule has 0 radical (unpaired) electrons. The molecule has 0 aliphatic heterocycles. The number of hydrogen-bond acceptors (Lipinski definition) is 5. The number of nitrogens with one attached hydrogen (secondary N) is 3. The fourth-order valence-corrected chi connectivity index (χ4v) is 5.37. The van der Waals surface area contributed by atoms with E-state index >= 15 is 0 Å². The highest BCUT2D eigenvalue weighted by Crippen LogP contribution is 2.24. The minimum absolute atomic E-state index is 0. The van der Waals surface area contributed by atoms with Crippen molar-refractivity contribution in [1.29, 1.82) is 0 Å². The third-order valence-corrected chi connectivity index (χ3v) is 6.96. The lowest BCUT2D eigenvalue weighted by Gasteiger charge is -2.22. The van der Waals surface area contributed by atoms with Crippen molar-refractivity contribution in [2.75, 3.05) is 26.2 Å². The number of aliphatic imine (C=N–C) groups is 1. The summed E-state index contributed by atoms with van der Waals surface area (Å²) in [5.74, 6) is 0.519. The Bertz CT molecular complexity index is 929. The summed E-state index contributed by atoms with van der Waals surface area (Å²) in [5, 5.41) is 16.9. The summed E-state index contributed by atoms with van der Waals surface area (Å²) in [6.07, 6.45) is 0. The predicted molar refractivity (Wildman–Crippen MR) is 134 cm³/mol. The molecule has 10 heteroatoms. The van der Waals surface area contributed by atoms with Crippen molar-refractivity contribution in [2.45, 2.75) is 38.2 Å². The lowest BCUT2D eigenvalue weighted by atomic mass is 9.96. The molecule has 0 spiro atoms. The van der Waals surface area contributed by atoms with Crippen molar-refractivity contribution in [3.8, 4) is 0 Å². The second-order valence-corrected chi connectivity index (χ2v) is 10.1. The van der Waals surface area contributed by atoms with E-state index in [1.165, 1.54) is 11.3 Å². The first-order valence-corrected chi connectivity index (χ1v) is 11.8. The summed E-state index contributed by atoms with van der Waals surface area (Å²) in [7, 11) is -3.53. The van der Waals surface area contributed by atoms with Gasteiger partial charge in [-0.05, 0) is 39.3 Å². The van der Waals surface area contributed by atoms with Crippen LogP contribution in [0.3, 0.4) is 0 Å². The molecule has 1 aromatic carbocycles. The van der Waals surface area contributed by atoms with E-state index in [9.17, 15) is 13.5 Å². The van der Waals surface area contributed by atoms with Crippen LogP contribution in [0.2, 0.25) is 0 Å². The van der Waals surface area contributed by atoms with Crippen LogP contribution in [-0.2, 0) is 15.6 Å². The van der Waals surface area contributed by atoms with Crippen LogP contribution in [0, 0.1) is 13.8 Å². The molecule has 1 unspecified atom stereocenters. The van der Waals surface area contributed by atoms with Crippen molar-refractivity contribution < 1.29 is 13.5 Å². The Kier molecular flexibility index (Phi) is 10.7. The number of benzene rings is 1. The van der Waals surface area contributed by atoms with Gasteiger partial charge < -0.3 is 15.7 Å². The summed E-state index contributed by atoms with van der Waals surface area (Å²) >= 11 is 1.47. The molecule has 0 saturated heterocycles. The van der Waals surface area contributed by atoms with Crippen LogP contribution in [-0.4, -0.2) is 45.7 Å². The Balaban J connectivity index is 0.00000450. The highest BCUT2D eigenvalue weighted by atomic mass is 127. The fourth-order valence-electron chi connectivity index (χ4n) is 2.78. The van der Waals surface area contributed by atoms with Crippen LogP contribution in [0.4, 0.5) is 0 Å². The summed E-state index contributed by atoms with van der Waals surface area (Å²) < 4.78 is 27.5. The first kappa shape index (κ1) is 26.8. The molecule has 4 N–H and O–H groups in total. The summed E-state index contributed by atoms with van der Waals surface area (Å²) in [6, 6.07) is 11.1. The molecule has 2 aromatic rings. The summed E-state index contributed by atoms with van der Waals surface area (Å²) in [6.45, 7) is 8.76. The predicted octanol–water partition coefficient (Wildman–Crippen LogP) is 2.72. The van der Waals surface area contributed by atoms with E-state index in [0.29, 0.717) is 23.9 Å². The molecule has 1 aromatic heterocycles. The van der Waals surface area contributed by atoms with Crippen molar-refractivity contribution in [3.63, 3.8) is 0 Å². The maximum absolute atomic E-state index is 12.4. The molecule has 0 saturated carbocycles. The van der Waals surface area contributed by atoms with Gasteiger partial charge in [-0.3, -0.25) is 0 Å². The number of nitrogens with zero attached hydrogens (tertiary/aromatic N) is 1. The van der Waals surface area contributed by atoms with Crippen molar-refractivity contribution in [3.05, 3.63) is 51.7 Å². The Morgan fingerprint density at radius 2 is 1.83 bits per heavy atom. The Labute approximate surface area is 200 Å². The van der Waals surface area contributed by atoms with Gasteiger partial charge in [0.1, 0.15) is 5.60 Å². The fraction of sp³-hybridized carbons (Fsp3) is 0.450. The average Bonchev–Trinajstić information content (AvgIpc) is 3.03. The van der Waals surface area contributed by atoms with E-state index in [2.05, 4.69) is 20.3 Å². The topological polar surface area (TPSA) is 103 Å². The number of sulfonamides is 1. The zero-order valence-electron chi connectivity index (χ0n) is 17.7. The molecular weight excluding hydrogens is 535 g/mol. The van der Waals surface area contributed by atoms with Gasteiger partial charge in [0.05, 0.1) is 11.4 Å². The number of aryl methyl sites for hydroxylation is 2. The molecule has 0 aliphatic carbocycles. The third-order valence-electron chi connectivity index (χ3n) is 4.28. The summed E-state index contributed by atoms with van der Waals surface area (Å²) in [4.78, 5) is 6.52. The van der Waals surface area contributed by atoms with Gasteiger partial charge in [-0.2, -0.15) is 0 Å². The molecular formula is C20H31IN4O3S2. The van der Waals surface area contributed by atoms with E-state index in [-0.39, 0.29) is 37.1 Å². The first-order chi connectivity index (χ1) is 13.7. The van der Waals surface area contributed by atoms with Crippen molar-refractivity contribution in [2.24, 2.45) is 4.99 Å². The SMILES string of the molecule is CCNC(=NCC(C)(O)c1ccccc1)NCCNS(=O)(=O)c1cc(C)sc1C.I. The van der Waals surface area contributed by atoms with E-state index < -0.39 is 15.6 Å². The van der Waals surface area contributed by atoms with Crippen molar-refractivity contribution >= 4 is 51.3 Å². The molecule has 30 heavy (non-hydrogen) atoms. The van der Waals surface area contributed by atoms with Crippen LogP contribution in [0.1, 0.15) is 29.2 Å². The molecule has 1 heterocycles. The van der Waals surface area contributed by atoms with Gasteiger partial charge >= 0.3 is 0 Å². The zero-order valence-corrected chi connectivity index (χ0v) is 21.7. The second-order valence-electron chi connectivity index (χ2n) is 6.94. The molecule has 0 bridgehead atoms. The van der Waals surface area contributed by atoms with Gasteiger partial charge in [0.15, 0.2) is 5.96 Å². The minimum Gasteiger partial charge on any atom is -0.384 e. The largest absolute Gasteiger partial charge is 0.384 e. The molecule has 0 aliphatic rings. The van der Waals surface area contributed by atoms with Gasteiger partial charge in [-0.15, -0.1) is 35.3 Å².